The molecule has 134 valence electrons. The van der Waals surface area contributed by atoms with Crippen LogP contribution in [0.3, 0.4) is 0 Å². The average molecular weight is 326 g/mol. The quantitative estimate of drug-likeness (QED) is 0.788. The molecule has 0 unspecified atom stereocenters. The van der Waals surface area contributed by atoms with E-state index in [-0.39, 0.29) is 6.09 Å². The summed E-state index contributed by atoms with van der Waals surface area (Å²) in [5.41, 5.74) is -0.403. The number of ether oxygens (including phenoxy) is 2. The van der Waals surface area contributed by atoms with Gasteiger partial charge in [0.15, 0.2) is 0 Å². The summed E-state index contributed by atoms with van der Waals surface area (Å²) in [6.45, 7) is 10.5. The fraction of sp³-hybridized carbons (Fsp3) is 0.944. The van der Waals surface area contributed by atoms with Gasteiger partial charge in [-0.25, -0.2) is 4.79 Å². The van der Waals surface area contributed by atoms with Gasteiger partial charge in [0.05, 0.1) is 6.10 Å². The normalized spacial score (nSPS) is 21.4. The molecule has 0 radical (unpaired) electrons. The zero-order valence-electron chi connectivity index (χ0n) is 15.1. The molecule has 1 amide bonds. The third-order valence-corrected chi connectivity index (χ3v) is 4.66. The predicted octanol–water partition coefficient (Wildman–Crippen LogP) is 3.18. The molecular weight excluding hydrogens is 292 g/mol. The van der Waals surface area contributed by atoms with E-state index < -0.39 is 5.60 Å². The summed E-state index contributed by atoms with van der Waals surface area (Å²) in [6, 6.07) is 0. The van der Waals surface area contributed by atoms with E-state index in [1.165, 1.54) is 6.42 Å². The Labute approximate surface area is 141 Å². The lowest BCUT2D eigenvalue weighted by Crippen LogP contribution is -2.41. The zero-order chi connectivity index (χ0) is 16.7. The number of rotatable bonds is 5. The van der Waals surface area contributed by atoms with Crippen LogP contribution in [0.15, 0.2) is 0 Å². The molecule has 1 N–H and O–H groups in total. The fourth-order valence-electron chi connectivity index (χ4n) is 3.31. The summed E-state index contributed by atoms with van der Waals surface area (Å²) in [6.07, 6.45) is 7.13. The van der Waals surface area contributed by atoms with Crippen molar-refractivity contribution in [1.29, 1.82) is 0 Å². The summed E-state index contributed by atoms with van der Waals surface area (Å²) in [7, 11) is 0. The van der Waals surface area contributed by atoms with Gasteiger partial charge in [-0.2, -0.15) is 0 Å². The second-order valence-corrected chi connectivity index (χ2v) is 7.87. The van der Waals surface area contributed by atoms with E-state index in [1.807, 2.05) is 25.7 Å². The van der Waals surface area contributed by atoms with Crippen LogP contribution in [0.2, 0.25) is 0 Å². The second-order valence-electron chi connectivity index (χ2n) is 7.87. The van der Waals surface area contributed by atoms with Crippen molar-refractivity contribution in [3.63, 3.8) is 0 Å². The number of amides is 1. The Morgan fingerprint density at radius 1 is 1.13 bits per heavy atom. The van der Waals surface area contributed by atoms with Gasteiger partial charge in [0.2, 0.25) is 0 Å². The van der Waals surface area contributed by atoms with Gasteiger partial charge in [-0.3, -0.25) is 0 Å². The first-order chi connectivity index (χ1) is 10.9. The van der Waals surface area contributed by atoms with Gasteiger partial charge in [-0.15, -0.1) is 0 Å². The van der Waals surface area contributed by atoms with Crippen molar-refractivity contribution < 1.29 is 14.3 Å². The first kappa shape index (κ1) is 18.5. The maximum atomic E-state index is 12.0. The van der Waals surface area contributed by atoms with E-state index >= 15 is 0 Å². The van der Waals surface area contributed by atoms with Gasteiger partial charge >= 0.3 is 6.09 Å². The number of nitrogens with zero attached hydrogens (tertiary/aromatic N) is 1. The highest BCUT2D eigenvalue weighted by atomic mass is 16.6. The van der Waals surface area contributed by atoms with Crippen molar-refractivity contribution in [2.24, 2.45) is 5.92 Å². The highest BCUT2D eigenvalue weighted by molar-refractivity contribution is 5.68. The topological polar surface area (TPSA) is 50.8 Å². The Morgan fingerprint density at radius 3 is 2.39 bits per heavy atom. The molecule has 2 aliphatic rings. The molecule has 0 aliphatic carbocycles. The van der Waals surface area contributed by atoms with Crippen LogP contribution in [-0.4, -0.2) is 55.5 Å². The summed E-state index contributed by atoms with van der Waals surface area (Å²) in [5, 5.41) is 3.36. The smallest absolute Gasteiger partial charge is 0.410 e. The van der Waals surface area contributed by atoms with Crippen molar-refractivity contribution in [2.75, 3.05) is 32.8 Å². The minimum Gasteiger partial charge on any atom is -0.444 e. The van der Waals surface area contributed by atoms with Crippen LogP contribution in [0.5, 0.6) is 0 Å². The van der Waals surface area contributed by atoms with Crippen LogP contribution < -0.4 is 5.32 Å². The molecule has 2 fully saturated rings. The number of hydrogen-bond acceptors (Lipinski definition) is 4. The molecule has 2 rings (SSSR count). The molecule has 23 heavy (non-hydrogen) atoms. The first-order valence-corrected chi connectivity index (χ1v) is 9.24. The van der Waals surface area contributed by atoms with Gasteiger partial charge in [0, 0.05) is 19.7 Å². The number of piperidine rings is 2. The molecule has 2 heterocycles. The molecular formula is C18H34N2O3. The first-order valence-electron chi connectivity index (χ1n) is 9.24. The van der Waals surface area contributed by atoms with Crippen LogP contribution in [0.25, 0.3) is 0 Å². The molecule has 0 atom stereocenters. The van der Waals surface area contributed by atoms with E-state index in [9.17, 15) is 4.79 Å². The van der Waals surface area contributed by atoms with Crippen LogP contribution in [0.4, 0.5) is 4.79 Å². The van der Waals surface area contributed by atoms with Crippen molar-refractivity contribution in [3.8, 4) is 0 Å². The summed E-state index contributed by atoms with van der Waals surface area (Å²) < 4.78 is 11.4. The molecule has 0 saturated carbocycles. The van der Waals surface area contributed by atoms with E-state index in [0.717, 1.165) is 70.8 Å². The second kappa shape index (κ2) is 8.88. The fourth-order valence-corrected chi connectivity index (χ4v) is 3.31. The molecule has 0 bridgehead atoms. The minimum atomic E-state index is -0.403. The Hall–Kier alpha value is -0.810. The van der Waals surface area contributed by atoms with E-state index in [4.69, 9.17) is 9.47 Å². The highest BCUT2D eigenvalue weighted by Crippen LogP contribution is 2.23. The van der Waals surface area contributed by atoms with E-state index in [2.05, 4.69) is 5.32 Å². The lowest BCUT2D eigenvalue weighted by Gasteiger charge is -2.33. The SMILES string of the molecule is CC(C)(C)OC(=O)N1CCC(CCCOC2CCNCC2)CC1. The molecule has 2 aliphatic heterocycles. The summed E-state index contributed by atoms with van der Waals surface area (Å²) in [5.74, 6) is 0.727. The van der Waals surface area contributed by atoms with Gasteiger partial charge in [0.1, 0.15) is 5.60 Å². The van der Waals surface area contributed by atoms with Gasteiger partial charge in [0.25, 0.3) is 0 Å². The van der Waals surface area contributed by atoms with Gasteiger partial charge in [-0.05, 0) is 78.3 Å². The van der Waals surface area contributed by atoms with Crippen molar-refractivity contribution in [2.45, 2.75) is 71.0 Å². The van der Waals surface area contributed by atoms with Crippen molar-refractivity contribution in [1.82, 2.24) is 10.2 Å². The maximum absolute atomic E-state index is 12.0. The number of likely N-dealkylation sites (tertiary alicyclic amines) is 1. The molecule has 0 spiro atoms. The van der Waals surface area contributed by atoms with Crippen LogP contribution >= 0.6 is 0 Å². The predicted molar refractivity (Wildman–Crippen MR) is 91.6 cm³/mol. The third-order valence-electron chi connectivity index (χ3n) is 4.66. The third kappa shape index (κ3) is 7.08. The standard InChI is InChI=1S/C18H34N2O3/c1-18(2,3)23-17(21)20-12-8-15(9-13-20)5-4-14-22-16-6-10-19-11-7-16/h15-16,19H,4-14H2,1-3H3. The summed E-state index contributed by atoms with van der Waals surface area (Å²) >= 11 is 0. The van der Waals surface area contributed by atoms with Crippen molar-refractivity contribution >= 4 is 6.09 Å². The van der Waals surface area contributed by atoms with Gasteiger partial charge < -0.3 is 19.7 Å². The minimum absolute atomic E-state index is 0.162. The molecule has 5 nitrogen and oxygen atoms in total. The summed E-state index contributed by atoms with van der Waals surface area (Å²) in [4.78, 5) is 13.9. The lowest BCUT2D eigenvalue weighted by molar-refractivity contribution is 0.0150. The molecule has 5 heteroatoms. The maximum Gasteiger partial charge on any atom is 0.410 e. The average Bonchev–Trinajstić information content (AvgIpc) is 2.51. The Balaban J connectivity index is 1.55. The lowest BCUT2D eigenvalue weighted by atomic mass is 9.92. The van der Waals surface area contributed by atoms with E-state index in [0.29, 0.717) is 6.10 Å². The number of carbonyl (C=O) groups is 1. The molecule has 2 saturated heterocycles. The molecule has 0 aromatic carbocycles. The number of carbonyl (C=O) groups excluding carboxylic acids is 1. The zero-order valence-corrected chi connectivity index (χ0v) is 15.1. The van der Waals surface area contributed by atoms with E-state index in [1.54, 1.807) is 0 Å². The van der Waals surface area contributed by atoms with Gasteiger partial charge in [-0.1, -0.05) is 0 Å². The van der Waals surface area contributed by atoms with Crippen LogP contribution in [-0.2, 0) is 9.47 Å². The number of nitrogens with one attached hydrogen (secondary N) is 1. The van der Waals surface area contributed by atoms with Crippen LogP contribution in [0.1, 0.15) is 59.3 Å². The Bertz CT molecular complexity index is 354. The molecule has 0 aromatic rings. The monoisotopic (exact) mass is 326 g/mol. The highest BCUT2D eigenvalue weighted by Gasteiger charge is 2.26. The van der Waals surface area contributed by atoms with Crippen LogP contribution in [0, 0.1) is 5.92 Å². The Morgan fingerprint density at radius 2 is 1.78 bits per heavy atom. The largest absolute Gasteiger partial charge is 0.444 e. The van der Waals surface area contributed by atoms with Crippen molar-refractivity contribution in [3.05, 3.63) is 0 Å². The molecule has 0 aromatic heterocycles. The number of hydrogen-bond donors (Lipinski definition) is 1. The Kier molecular flexibility index (Phi) is 7.15.